The van der Waals surface area contributed by atoms with Gasteiger partial charge in [0.05, 0.1) is 30.1 Å². The lowest BCUT2D eigenvalue weighted by molar-refractivity contribution is 0.558. The summed E-state index contributed by atoms with van der Waals surface area (Å²) >= 11 is 0. The third-order valence-electron chi connectivity index (χ3n) is 3.36. The second-order valence-electron chi connectivity index (χ2n) is 5.10. The molecule has 0 aromatic carbocycles. The number of rotatable bonds is 7. The molecule has 1 atom stereocenters. The minimum absolute atomic E-state index is 0.295. The molecule has 2 rings (SSSR count). The smallest absolute Gasteiger partial charge is 0.0952 e. The molecule has 0 aliphatic rings. The van der Waals surface area contributed by atoms with Crippen molar-refractivity contribution in [3.8, 4) is 0 Å². The molecule has 2 aromatic heterocycles. The monoisotopic (exact) mass is 273 g/mol. The van der Waals surface area contributed by atoms with Gasteiger partial charge in [0, 0.05) is 25.2 Å². The number of nitrogens with zero attached hydrogens (tertiary/aromatic N) is 2. The Morgan fingerprint density at radius 3 is 2.80 bits per heavy atom. The summed E-state index contributed by atoms with van der Waals surface area (Å²) in [6, 6.07) is 6.49. The fraction of sp³-hybridized carbons (Fsp3) is 0.438. The molecule has 0 aliphatic heterocycles. The Morgan fingerprint density at radius 2 is 2.20 bits per heavy atom. The summed E-state index contributed by atoms with van der Waals surface area (Å²) in [7, 11) is 2.06. The molecule has 20 heavy (non-hydrogen) atoms. The highest BCUT2D eigenvalue weighted by atomic mass is 16.3. The zero-order chi connectivity index (χ0) is 14.4. The number of nitrogens with one attached hydrogen (secondary N) is 1. The quantitative estimate of drug-likeness (QED) is 0.839. The van der Waals surface area contributed by atoms with Crippen LogP contribution in [0.5, 0.6) is 0 Å². The number of pyridine rings is 1. The lowest BCUT2D eigenvalue weighted by Gasteiger charge is -2.19. The first-order chi connectivity index (χ1) is 9.70. The average Bonchev–Trinajstić information content (AvgIpc) is 2.97. The van der Waals surface area contributed by atoms with Crippen LogP contribution in [0, 0.1) is 0 Å². The summed E-state index contributed by atoms with van der Waals surface area (Å²) in [6.45, 7) is 6.15. The fourth-order valence-electron chi connectivity index (χ4n) is 2.09. The minimum Gasteiger partial charge on any atom is -0.472 e. The summed E-state index contributed by atoms with van der Waals surface area (Å²) in [5.41, 5.74) is 3.35. The van der Waals surface area contributed by atoms with Crippen LogP contribution in [0.15, 0.2) is 41.3 Å². The third-order valence-corrected chi connectivity index (χ3v) is 3.36. The van der Waals surface area contributed by atoms with Crippen molar-refractivity contribution in [1.82, 2.24) is 10.3 Å². The van der Waals surface area contributed by atoms with Crippen molar-refractivity contribution in [2.45, 2.75) is 32.9 Å². The van der Waals surface area contributed by atoms with Crippen LogP contribution in [0.1, 0.15) is 37.6 Å². The maximum Gasteiger partial charge on any atom is 0.0952 e. The molecule has 2 heterocycles. The summed E-state index contributed by atoms with van der Waals surface area (Å²) in [5.74, 6) is 0. The minimum atomic E-state index is 0.295. The largest absolute Gasteiger partial charge is 0.472 e. The van der Waals surface area contributed by atoms with E-state index in [4.69, 9.17) is 4.42 Å². The standard InChI is InChI=1S/C16H23N3O/c1-4-8-17-13(2)16-6-5-15(10-18-16)19(3)11-14-7-9-20-12-14/h5-7,9-10,12-13,17H,4,8,11H2,1-3H3. The molecule has 1 N–H and O–H groups in total. The third kappa shape index (κ3) is 3.84. The van der Waals surface area contributed by atoms with Crippen LogP contribution in [-0.4, -0.2) is 18.6 Å². The SMILES string of the molecule is CCCNC(C)c1ccc(N(C)Cc2ccoc2)cn1. The van der Waals surface area contributed by atoms with Crippen molar-refractivity contribution >= 4 is 5.69 Å². The molecular formula is C16H23N3O. The van der Waals surface area contributed by atoms with Gasteiger partial charge in [-0.25, -0.2) is 0 Å². The first-order valence-electron chi connectivity index (χ1n) is 7.12. The molecule has 1 unspecified atom stereocenters. The maximum absolute atomic E-state index is 5.09. The second kappa shape index (κ2) is 7.10. The molecular weight excluding hydrogens is 250 g/mol. The molecule has 0 saturated carbocycles. The van der Waals surface area contributed by atoms with E-state index >= 15 is 0 Å². The molecule has 0 amide bonds. The summed E-state index contributed by atoms with van der Waals surface area (Å²) < 4.78 is 5.09. The van der Waals surface area contributed by atoms with Gasteiger partial charge >= 0.3 is 0 Å². The normalized spacial score (nSPS) is 12.3. The Bertz CT molecular complexity index is 493. The van der Waals surface area contributed by atoms with Crippen molar-refractivity contribution in [3.05, 3.63) is 48.2 Å². The molecule has 0 spiro atoms. The van der Waals surface area contributed by atoms with E-state index in [2.05, 4.69) is 48.2 Å². The number of hydrogen-bond donors (Lipinski definition) is 1. The lowest BCUT2D eigenvalue weighted by atomic mass is 10.2. The van der Waals surface area contributed by atoms with Crippen molar-refractivity contribution < 1.29 is 4.42 Å². The molecule has 0 fully saturated rings. The molecule has 4 heteroatoms. The fourth-order valence-corrected chi connectivity index (χ4v) is 2.09. The Labute approximate surface area is 120 Å². The van der Waals surface area contributed by atoms with Crippen LogP contribution in [-0.2, 0) is 6.54 Å². The van der Waals surface area contributed by atoms with Gasteiger partial charge in [0.15, 0.2) is 0 Å². The summed E-state index contributed by atoms with van der Waals surface area (Å²) in [4.78, 5) is 6.71. The van der Waals surface area contributed by atoms with Gasteiger partial charge in [0.1, 0.15) is 0 Å². The summed E-state index contributed by atoms with van der Waals surface area (Å²) in [5, 5.41) is 3.45. The first kappa shape index (κ1) is 14.6. The van der Waals surface area contributed by atoms with Crippen molar-refractivity contribution in [3.63, 3.8) is 0 Å². The first-order valence-corrected chi connectivity index (χ1v) is 7.12. The van der Waals surface area contributed by atoms with Gasteiger partial charge in [-0.3, -0.25) is 4.98 Å². The van der Waals surface area contributed by atoms with Crippen molar-refractivity contribution in [2.75, 3.05) is 18.5 Å². The zero-order valence-electron chi connectivity index (χ0n) is 12.5. The number of anilines is 1. The zero-order valence-corrected chi connectivity index (χ0v) is 12.5. The van der Waals surface area contributed by atoms with E-state index in [1.807, 2.05) is 12.3 Å². The van der Waals surface area contributed by atoms with E-state index in [0.29, 0.717) is 6.04 Å². The van der Waals surface area contributed by atoms with Gasteiger partial charge in [-0.1, -0.05) is 6.92 Å². The molecule has 4 nitrogen and oxygen atoms in total. The van der Waals surface area contributed by atoms with Crippen LogP contribution in [0.2, 0.25) is 0 Å². The highest BCUT2D eigenvalue weighted by Gasteiger charge is 2.07. The Hall–Kier alpha value is -1.81. The number of hydrogen-bond acceptors (Lipinski definition) is 4. The van der Waals surface area contributed by atoms with Crippen LogP contribution in [0.3, 0.4) is 0 Å². The van der Waals surface area contributed by atoms with Gasteiger partial charge in [-0.15, -0.1) is 0 Å². The van der Waals surface area contributed by atoms with Crippen molar-refractivity contribution in [1.29, 1.82) is 0 Å². The molecule has 108 valence electrons. The van der Waals surface area contributed by atoms with Gasteiger partial charge in [-0.2, -0.15) is 0 Å². The Morgan fingerprint density at radius 1 is 1.35 bits per heavy atom. The van der Waals surface area contributed by atoms with Gasteiger partial charge < -0.3 is 14.6 Å². The van der Waals surface area contributed by atoms with Crippen LogP contribution < -0.4 is 10.2 Å². The molecule has 0 radical (unpaired) electrons. The lowest BCUT2D eigenvalue weighted by Crippen LogP contribution is -2.21. The van der Waals surface area contributed by atoms with E-state index in [-0.39, 0.29) is 0 Å². The highest BCUT2D eigenvalue weighted by molar-refractivity contribution is 5.44. The van der Waals surface area contributed by atoms with Gasteiger partial charge in [-0.05, 0) is 38.1 Å². The highest BCUT2D eigenvalue weighted by Crippen LogP contribution is 2.17. The predicted molar refractivity (Wildman–Crippen MR) is 81.8 cm³/mol. The van der Waals surface area contributed by atoms with E-state index < -0.39 is 0 Å². The van der Waals surface area contributed by atoms with Crippen molar-refractivity contribution in [2.24, 2.45) is 0 Å². The van der Waals surface area contributed by atoms with E-state index in [9.17, 15) is 0 Å². The van der Waals surface area contributed by atoms with E-state index in [0.717, 1.165) is 36.5 Å². The summed E-state index contributed by atoms with van der Waals surface area (Å²) in [6.07, 6.45) is 6.54. The van der Waals surface area contributed by atoms with Gasteiger partial charge in [0.2, 0.25) is 0 Å². The topological polar surface area (TPSA) is 41.3 Å². The molecule has 0 saturated heterocycles. The second-order valence-corrected chi connectivity index (χ2v) is 5.10. The van der Waals surface area contributed by atoms with Crippen LogP contribution in [0.4, 0.5) is 5.69 Å². The van der Waals surface area contributed by atoms with E-state index in [1.165, 1.54) is 0 Å². The maximum atomic E-state index is 5.09. The number of furan rings is 1. The number of aromatic nitrogens is 1. The Kier molecular flexibility index (Phi) is 5.18. The van der Waals surface area contributed by atoms with Gasteiger partial charge in [0.25, 0.3) is 0 Å². The van der Waals surface area contributed by atoms with Crippen LogP contribution in [0.25, 0.3) is 0 Å². The van der Waals surface area contributed by atoms with E-state index in [1.54, 1.807) is 12.5 Å². The van der Waals surface area contributed by atoms with Crippen LogP contribution >= 0.6 is 0 Å². The molecule has 0 bridgehead atoms. The Balaban J connectivity index is 1.96. The molecule has 0 aliphatic carbocycles. The average molecular weight is 273 g/mol. The molecule has 2 aromatic rings. The predicted octanol–water partition coefficient (Wildman–Crippen LogP) is 3.37.